The number of aromatic nitrogens is 1. The SMILES string of the molecule is C=CCOC(=O)c1sc(NC(=O)COc2c(-c3ccccc3)oc3c(Cl)cc(Cl)cc3c2=O)nc1C. The van der Waals surface area contributed by atoms with Crippen molar-refractivity contribution in [2.45, 2.75) is 6.92 Å². The summed E-state index contributed by atoms with van der Waals surface area (Å²) < 4.78 is 16.6. The number of hydrogen-bond acceptors (Lipinski definition) is 8. The summed E-state index contributed by atoms with van der Waals surface area (Å²) in [5.74, 6) is -1.23. The molecule has 0 aliphatic carbocycles. The Morgan fingerprint density at radius 1 is 1.22 bits per heavy atom. The van der Waals surface area contributed by atoms with Crippen LogP contribution in [0.3, 0.4) is 0 Å². The fourth-order valence-electron chi connectivity index (χ4n) is 3.25. The molecule has 184 valence electrons. The molecule has 0 bridgehead atoms. The average Bonchev–Trinajstić information content (AvgIpc) is 3.22. The number of benzene rings is 2. The first-order chi connectivity index (χ1) is 17.3. The highest BCUT2D eigenvalue weighted by Crippen LogP contribution is 2.35. The van der Waals surface area contributed by atoms with E-state index in [2.05, 4.69) is 16.9 Å². The maximum Gasteiger partial charge on any atom is 0.350 e. The van der Waals surface area contributed by atoms with Crippen LogP contribution < -0.4 is 15.5 Å². The molecule has 0 aliphatic heterocycles. The lowest BCUT2D eigenvalue weighted by Crippen LogP contribution is -2.22. The fraction of sp³-hybridized carbons (Fsp3) is 0.120. The Kier molecular flexibility index (Phi) is 7.73. The number of aryl methyl sites for hydroxylation is 1. The summed E-state index contributed by atoms with van der Waals surface area (Å²) >= 11 is 13.3. The summed E-state index contributed by atoms with van der Waals surface area (Å²) in [5.41, 5.74) is 0.567. The number of esters is 1. The van der Waals surface area contributed by atoms with Gasteiger partial charge in [-0.3, -0.25) is 14.9 Å². The van der Waals surface area contributed by atoms with Crippen molar-refractivity contribution in [3.05, 3.63) is 86.0 Å². The van der Waals surface area contributed by atoms with E-state index in [1.807, 2.05) is 0 Å². The predicted octanol–water partition coefficient (Wildman–Crippen LogP) is 5.89. The van der Waals surface area contributed by atoms with E-state index in [0.717, 1.165) is 11.3 Å². The van der Waals surface area contributed by atoms with E-state index in [9.17, 15) is 14.4 Å². The molecule has 4 aromatic rings. The number of carbonyl (C=O) groups is 2. The lowest BCUT2D eigenvalue weighted by Gasteiger charge is -2.12. The van der Waals surface area contributed by atoms with Gasteiger partial charge in [0.2, 0.25) is 11.2 Å². The van der Waals surface area contributed by atoms with Gasteiger partial charge in [0.05, 0.1) is 16.1 Å². The first kappa shape index (κ1) is 25.4. The van der Waals surface area contributed by atoms with Crippen molar-refractivity contribution in [1.29, 1.82) is 0 Å². The minimum atomic E-state index is -0.600. The molecule has 0 saturated carbocycles. The number of anilines is 1. The number of nitrogens with zero attached hydrogens (tertiary/aromatic N) is 1. The van der Waals surface area contributed by atoms with E-state index in [1.54, 1.807) is 37.3 Å². The summed E-state index contributed by atoms with van der Waals surface area (Å²) in [4.78, 5) is 42.4. The quantitative estimate of drug-likeness (QED) is 0.217. The maximum absolute atomic E-state index is 13.3. The second-order valence-corrected chi connectivity index (χ2v) is 9.22. The standard InChI is InChI=1S/C25H18Cl2N2O6S/c1-3-9-33-24(32)23-13(2)28-25(36-23)29-18(30)12-34-22-19(31)16-10-15(26)11-17(27)21(16)35-20(22)14-7-5-4-6-8-14/h3-8,10-11H,1,9,12H2,2H3,(H,28,29,30). The van der Waals surface area contributed by atoms with Crippen molar-refractivity contribution in [1.82, 2.24) is 4.98 Å². The van der Waals surface area contributed by atoms with Gasteiger partial charge >= 0.3 is 5.97 Å². The van der Waals surface area contributed by atoms with Crippen LogP contribution in [0.5, 0.6) is 5.75 Å². The summed E-state index contributed by atoms with van der Waals surface area (Å²) in [6, 6.07) is 11.7. The number of amides is 1. The number of fused-ring (bicyclic) bond motifs is 1. The van der Waals surface area contributed by atoms with Crippen molar-refractivity contribution in [3.63, 3.8) is 0 Å². The van der Waals surface area contributed by atoms with Gasteiger partial charge in [-0.25, -0.2) is 9.78 Å². The van der Waals surface area contributed by atoms with Crippen LogP contribution in [0.4, 0.5) is 5.13 Å². The molecule has 36 heavy (non-hydrogen) atoms. The monoisotopic (exact) mass is 544 g/mol. The van der Waals surface area contributed by atoms with Crippen LogP contribution in [0, 0.1) is 6.92 Å². The van der Waals surface area contributed by atoms with Gasteiger partial charge < -0.3 is 13.9 Å². The smallest absolute Gasteiger partial charge is 0.350 e. The van der Waals surface area contributed by atoms with Crippen LogP contribution in [0.15, 0.2) is 64.3 Å². The molecule has 0 atom stereocenters. The normalized spacial score (nSPS) is 10.8. The van der Waals surface area contributed by atoms with Gasteiger partial charge in [0.1, 0.15) is 11.5 Å². The second kappa shape index (κ2) is 10.9. The number of carbonyl (C=O) groups excluding carboxylic acids is 2. The molecule has 11 heteroatoms. The Morgan fingerprint density at radius 2 is 1.97 bits per heavy atom. The zero-order chi connectivity index (χ0) is 25.8. The number of halogens is 2. The molecule has 8 nitrogen and oxygen atoms in total. The van der Waals surface area contributed by atoms with E-state index < -0.39 is 23.9 Å². The van der Waals surface area contributed by atoms with Crippen LogP contribution in [-0.2, 0) is 9.53 Å². The van der Waals surface area contributed by atoms with Gasteiger partial charge in [-0.1, -0.05) is 77.5 Å². The van der Waals surface area contributed by atoms with Crippen molar-refractivity contribution in [3.8, 4) is 17.1 Å². The second-order valence-electron chi connectivity index (χ2n) is 7.38. The molecule has 2 heterocycles. The molecule has 4 rings (SSSR count). The van der Waals surface area contributed by atoms with E-state index in [1.165, 1.54) is 18.2 Å². The molecule has 0 fully saturated rings. The van der Waals surface area contributed by atoms with E-state index in [-0.39, 0.29) is 49.1 Å². The molecule has 1 N–H and O–H groups in total. The molecular weight excluding hydrogens is 527 g/mol. The average molecular weight is 545 g/mol. The number of ether oxygens (including phenoxy) is 2. The zero-order valence-corrected chi connectivity index (χ0v) is 21.1. The largest absolute Gasteiger partial charge is 0.476 e. The first-order valence-corrected chi connectivity index (χ1v) is 12.0. The Morgan fingerprint density at radius 3 is 2.69 bits per heavy atom. The highest BCUT2D eigenvalue weighted by molar-refractivity contribution is 7.17. The lowest BCUT2D eigenvalue weighted by atomic mass is 10.1. The molecule has 2 aromatic carbocycles. The van der Waals surface area contributed by atoms with Crippen molar-refractivity contribution in [2.75, 3.05) is 18.5 Å². The molecule has 0 radical (unpaired) electrons. The van der Waals surface area contributed by atoms with Crippen LogP contribution in [0.25, 0.3) is 22.3 Å². The van der Waals surface area contributed by atoms with Gasteiger partial charge in [0, 0.05) is 10.6 Å². The van der Waals surface area contributed by atoms with Gasteiger partial charge in [0.15, 0.2) is 23.1 Å². The van der Waals surface area contributed by atoms with Crippen LogP contribution in [0.1, 0.15) is 15.4 Å². The Hall–Kier alpha value is -3.66. The van der Waals surface area contributed by atoms with Crippen LogP contribution in [-0.4, -0.2) is 30.1 Å². The number of rotatable bonds is 8. The van der Waals surface area contributed by atoms with Crippen molar-refractivity contribution < 1.29 is 23.5 Å². The lowest BCUT2D eigenvalue weighted by molar-refractivity contribution is -0.118. The van der Waals surface area contributed by atoms with Gasteiger partial charge in [-0.2, -0.15) is 0 Å². The van der Waals surface area contributed by atoms with Crippen molar-refractivity contribution >= 4 is 62.5 Å². The van der Waals surface area contributed by atoms with Gasteiger partial charge in [-0.05, 0) is 19.1 Å². The maximum atomic E-state index is 13.3. The fourth-order valence-corrected chi connectivity index (χ4v) is 4.66. The molecule has 0 saturated heterocycles. The third kappa shape index (κ3) is 5.43. The van der Waals surface area contributed by atoms with Crippen LogP contribution >= 0.6 is 34.5 Å². The number of hydrogen-bond donors (Lipinski definition) is 1. The van der Waals surface area contributed by atoms with E-state index in [0.29, 0.717) is 11.3 Å². The summed E-state index contributed by atoms with van der Waals surface area (Å²) in [6.07, 6.45) is 1.45. The third-order valence-corrected chi connectivity index (χ3v) is 6.37. The Balaban J connectivity index is 1.61. The summed E-state index contributed by atoms with van der Waals surface area (Å²) in [6.45, 7) is 4.64. The summed E-state index contributed by atoms with van der Waals surface area (Å²) in [7, 11) is 0. The molecule has 2 aromatic heterocycles. The topological polar surface area (TPSA) is 108 Å². The molecule has 0 unspecified atom stereocenters. The third-order valence-electron chi connectivity index (χ3n) is 4.81. The molecule has 0 spiro atoms. The highest BCUT2D eigenvalue weighted by Gasteiger charge is 2.22. The Bertz CT molecular complexity index is 1530. The zero-order valence-electron chi connectivity index (χ0n) is 18.8. The van der Waals surface area contributed by atoms with Gasteiger partial charge in [0.25, 0.3) is 5.91 Å². The minimum absolute atomic E-state index is 0.0558. The van der Waals surface area contributed by atoms with E-state index in [4.69, 9.17) is 37.1 Å². The first-order valence-electron chi connectivity index (χ1n) is 10.5. The molecular formula is C25H18Cl2N2O6S. The van der Waals surface area contributed by atoms with Gasteiger partial charge in [-0.15, -0.1) is 0 Å². The predicted molar refractivity (Wildman–Crippen MR) is 139 cm³/mol. The Labute approximate surface area is 219 Å². The number of nitrogens with one attached hydrogen (secondary N) is 1. The summed E-state index contributed by atoms with van der Waals surface area (Å²) in [5, 5.41) is 3.26. The highest BCUT2D eigenvalue weighted by atomic mass is 35.5. The van der Waals surface area contributed by atoms with E-state index >= 15 is 0 Å². The van der Waals surface area contributed by atoms with Crippen molar-refractivity contribution in [2.24, 2.45) is 0 Å². The number of thiazole rings is 1. The van der Waals surface area contributed by atoms with Crippen LogP contribution in [0.2, 0.25) is 10.0 Å². The molecule has 1 amide bonds. The minimum Gasteiger partial charge on any atom is -0.476 e. The molecule has 0 aliphatic rings.